The Morgan fingerprint density at radius 2 is 2.25 bits per heavy atom. The van der Waals surface area contributed by atoms with Gasteiger partial charge in [0.2, 0.25) is 0 Å². The third-order valence-corrected chi connectivity index (χ3v) is 4.69. The molecule has 112 valence electrons. The molecule has 1 saturated heterocycles. The summed E-state index contributed by atoms with van der Waals surface area (Å²) in [5.74, 6) is 1.69. The van der Waals surface area contributed by atoms with Crippen molar-refractivity contribution in [3.05, 3.63) is 24.2 Å². The minimum atomic E-state index is -0.398. The Morgan fingerprint density at radius 3 is 2.95 bits per heavy atom. The number of ether oxygens (including phenoxy) is 1. The highest BCUT2D eigenvalue weighted by Gasteiger charge is 2.35. The molecule has 1 aliphatic carbocycles. The van der Waals surface area contributed by atoms with E-state index in [2.05, 4.69) is 4.90 Å². The molecular formula is C16H25NO3. The first-order valence-corrected chi connectivity index (χ1v) is 7.85. The minimum Gasteiger partial charge on any atom is -0.467 e. The summed E-state index contributed by atoms with van der Waals surface area (Å²) >= 11 is 0. The molecule has 0 bridgehead atoms. The standard InChI is InChI=1S/C16H25NO3/c18-14(11-19-12-15-6-3-9-20-15)10-17-8-2-7-16(17)13-4-1-5-13/h3,6,9,13-14,16,18H,1-2,4-5,7-8,10-12H2. The smallest absolute Gasteiger partial charge is 0.129 e. The number of aliphatic hydroxyl groups is 1. The number of aliphatic hydroxyl groups excluding tert-OH is 1. The Labute approximate surface area is 120 Å². The largest absolute Gasteiger partial charge is 0.467 e. The number of rotatable bonds is 7. The molecule has 2 atom stereocenters. The van der Waals surface area contributed by atoms with Gasteiger partial charge in [0.1, 0.15) is 12.4 Å². The molecule has 1 N–H and O–H groups in total. The third kappa shape index (κ3) is 3.43. The van der Waals surface area contributed by atoms with Gasteiger partial charge in [-0.05, 0) is 50.3 Å². The summed E-state index contributed by atoms with van der Waals surface area (Å²) < 4.78 is 10.7. The van der Waals surface area contributed by atoms with E-state index in [1.165, 1.54) is 32.1 Å². The number of hydrogen-bond acceptors (Lipinski definition) is 4. The molecule has 1 aromatic rings. The van der Waals surface area contributed by atoms with Crippen molar-refractivity contribution in [1.29, 1.82) is 0 Å². The van der Waals surface area contributed by atoms with Crippen LogP contribution in [-0.2, 0) is 11.3 Å². The van der Waals surface area contributed by atoms with Crippen LogP contribution in [0, 0.1) is 5.92 Å². The Kier molecular flexibility index (Phi) is 4.76. The van der Waals surface area contributed by atoms with E-state index < -0.39 is 6.10 Å². The lowest BCUT2D eigenvalue weighted by Gasteiger charge is -2.37. The summed E-state index contributed by atoms with van der Waals surface area (Å²) in [6, 6.07) is 4.45. The predicted octanol–water partition coefficient (Wildman–Crippen LogP) is 2.42. The van der Waals surface area contributed by atoms with Crippen molar-refractivity contribution >= 4 is 0 Å². The van der Waals surface area contributed by atoms with Crippen molar-refractivity contribution in [2.75, 3.05) is 19.7 Å². The first-order chi connectivity index (χ1) is 9.83. The topological polar surface area (TPSA) is 45.8 Å². The number of nitrogens with zero attached hydrogens (tertiary/aromatic N) is 1. The van der Waals surface area contributed by atoms with Gasteiger partial charge in [-0.25, -0.2) is 0 Å². The summed E-state index contributed by atoms with van der Waals surface area (Å²) in [5.41, 5.74) is 0. The Morgan fingerprint density at radius 1 is 1.35 bits per heavy atom. The van der Waals surface area contributed by atoms with Gasteiger partial charge in [0.05, 0.1) is 19.0 Å². The van der Waals surface area contributed by atoms with Crippen LogP contribution in [0.25, 0.3) is 0 Å². The van der Waals surface area contributed by atoms with E-state index in [1.807, 2.05) is 12.1 Å². The van der Waals surface area contributed by atoms with E-state index >= 15 is 0 Å². The average molecular weight is 279 g/mol. The first-order valence-electron chi connectivity index (χ1n) is 7.85. The SMILES string of the molecule is OC(COCc1ccco1)CN1CCCC1C1CCC1. The van der Waals surface area contributed by atoms with Crippen LogP contribution in [0.1, 0.15) is 37.9 Å². The summed E-state index contributed by atoms with van der Waals surface area (Å²) in [7, 11) is 0. The van der Waals surface area contributed by atoms with Crippen molar-refractivity contribution < 1.29 is 14.3 Å². The lowest BCUT2D eigenvalue weighted by molar-refractivity contribution is -0.00405. The fraction of sp³-hybridized carbons (Fsp3) is 0.750. The number of hydrogen-bond donors (Lipinski definition) is 1. The van der Waals surface area contributed by atoms with E-state index in [-0.39, 0.29) is 0 Å². The van der Waals surface area contributed by atoms with E-state index in [0.29, 0.717) is 19.3 Å². The van der Waals surface area contributed by atoms with Gasteiger partial charge in [0.25, 0.3) is 0 Å². The second kappa shape index (κ2) is 6.74. The second-order valence-electron chi connectivity index (χ2n) is 6.14. The fourth-order valence-electron chi connectivity index (χ4n) is 3.45. The summed E-state index contributed by atoms with van der Waals surface area (Å²) in [6.07, 6.45) is 7.99. The molecule has 0 spiro atoms. The first kappa shape index (κ1) is 14.1. The fourth-order valence-corrected chi connectivity index (χ4v) is 3.45. The number of β-amino-alcohol motifs (C(OH)–C–C–N with tert-alkyl or cyclic N) is 1. The molecule has 2 aliphatic rings. The quantitative estimate of drug-likeness (QED) is 0.832. The lowest BCUT2D eigenvalue weighted by Crippen LogP contribution is -2.43. The third-order valence-electron chi connectivity index (χ3n) is 4.69. The zero-order valence-corrected chi connectivity index (χ0v) is 12.0. The summed E-state index contributed by atoms with van der Waals surface area (Å²) in [4.78, 5) is 2.48. The maximum Gasteiger partial charge on any atom is 0.129 e. The van der Waals surface area contributed by atoms with Gasteiger partial charge >= 0.3 is 0 Å². The molecular weight excluding hydrogens is 254 g/mol. The highest BCUT2D eigenvalue weighted by molar-refractivity contribution is 4.96. The number of furan rings is 1. The molecule has 2 heterocycles. The molecule has 2 fully saturated rings. The number of likely N-dealkylation sites (tertiary alicyclic amines) is 1. The molecule has 20 heavy (non-hydrogen) atoms. The highest BCUT2D eigenvalue weighted by Crippen LogP contribution is 2.37. The highest BCUT2D eigenvalue weighted by atomic mass is 16.5. The van der Waals surface area contributed by atoms with Crippen molar-refractivity contribution in [2.24, 2.45) is 5.92 Å². The van der Waals surface area contributed by atoms with Crippen molar-refractivity contribution in [2.45, 2.75) is 50.9 Å². The van der Waals surface area contributed by atoms with Crippen molar-refractivity contribution in [1.82, 2.24) is 4.90 Å². The molecule has 3 rings (SSSR count). The molecule has 1 aliphatic heterocycles. The molecule has 0 radical (unpaired) electrons. The summed E-state index contributed by atoms with van der Waals surface area (Å²) in [5, 5.41) is 10.1. The van der Waals surface area contributed by atoms with Crippen molar-refractivity contribution in [3.63, 3.8) is 0 Å². The van der Waals surface area contributed by atoms with Crippen LogP contribution in [0.15, 0.2) is 22.8 Å². The molecule has 1 saturated carbocycles. The Balaban J connectivity index is 1.38. The zero-order chi connectivity index (χ0) is 13.8. The van der Waals surface area contributed by atoms with Crippen LogP contribution in [0.4, 0.5) is 0 Å². The normalized spacial score (nSPS) is 25.8. The predicted molar refractivity (Wildman–Crippen MR) is 76.3 cm³/mol. The molecule has 0 aromatic carbocycles. The van der Waals surface area contributed by atoms with E-state index in [9.17, 15) is 5.11 Å². The van der Waals surface area contributed by atoms with Gasteiger partial charge in [-0.3, -0.25) is 4.90 Å². The Bertz CT molecular complexity index is 388. The summed E-state index contributed by atoms with van der Waals surface area (Å²) in [6.45, 7) is 2.71. The van der Waals surface area contributed by atoms with Crippen LogP contribution in [-0.4, -0.2) is 41.8 Å². The van der Waals surface area contributed by atoms with Gasteiger partial charge in [0, 0.05) is 12.6 Å². The van der Waals surface area contributed by atoms with Crippen LogP contribution in [0.5, 0.6) is 0 Å². The molecule has 4 nitrogen and oxygen atoms in total. The molecule has 4 heteroatoms. The lowest BCUT2D eigenvalue weighted by atomic mass is 9.79. The van der Waals surface area contributed by atoms with Crippen LogP contribution in [0.3, 0.4) is 0 Å². The maximum atomic E-state index is 10.1. The van der Waals surface area contributed by atoms with Gasteiger partial charge in [-0.15, -0.1) is 0 Å². The zero-order valence-electron chi connectivity index (χ0n) is 12.0. The maximum absolute atomic E-state index is 10.1. The minimum absolute atomic E-state index is 0.384. The van der Waals surface area contributed by atoms with Gasteiger partial charge in [-0.1, -0.05) is 6.42 Å². The van der Waals surface area contributed by atoms with Crippen molar-refractivity contribution in [3.8, 4) is 0 Å². The van der Waals surface area contributed by atoms with E-state index in [0.717, 1.165) is 24.8 Å². The van der Waals surface area contributed by atoms with Gasteiger partial charge < -0.3 is 14.3 Å². The molecule has 2 unspecified atom stereocenters. The second-order valence-corrected chi connectivity index (χ2v) is 6.14. The molecule has 0 amide bonds. The van der Waals surface area contributed by atoms with Crippen LogP contribution < -0.4 is 0 Å². The average Bonchev–Trinajstić information content (AvgIpc) is 3.00. The molecule has 1 aromatic heterocycles. The Hall–Kier alpha value is -0.840. The van der Waals surface area contributed by atoms with E-state index in [1.54, 1.807) is 6.26 Å². The van der Waals surface area contributed by atoms with Gasteiger partial charge in [0.15, 0.2) is 0 Å². The monoisotopic (exact) mass is 279 g/mol. The van der Waals surface area contributed by atoms with Crippen LogP contribution >= 0.6 is 0 Å². The van der Waals surface area contributed by atoms with Gasteiger partial charge in [-0.2, -0.15) is 0 Å². The van der Waals surface area contributed by atoms with E-state index in [4.69, 9.17) is 9.15 Å². The van der Waals surface area contributed by atoms with Crippen LogP contribution in [0.2, 0.25) is 0 Å².